The van der Waals surface area contributed by atoms with E-state index < -0.39 is 0 Å². The summed E-state index contributed by atoms with van der Waals surface area (Å²) in [5.41, 5.74) is 7.53. The molecule has 1 fully saturated rings. The predicted octanol–water partition coefficient (Wildman–Crippen LogP) is 0.907. The zero-order chi connectivity index (χ0) is 10.1. The van der Waals surface area contributed by atoms with E-state index in [2.05, 4.69) is 10.3 Å². The standard InChI is InChI=1S/C10H15N3O/c1-6-2-9(11)10(12-5-6)13-7-3-8(14)4-7/h2,5,7-8,14H,3-4,11H2,1H3,(H,12,13). The molecule has 4 nitrogen and oxygen atoms in total. The zero-order valence-electron chi connectivity index (χ0n) is 8.20. The molecule has 0 radical (unpaired) electrons. The minimum absolute atomic E-state index is 0.154. The maximum absolute atomic E-state index is 9.12. The maximum atomic E-state index is 9.12. The summed E-state index contributed by atoms with van der Waals surface area (Å²) >= 11 is 0. The molecule has 4 N–H and O–H groups in total. The molecule has 0 aromatic carbocycles. The van der Waals surface area contributed by atoms with Crippen LogP contribution in [0.4, 0.5) is 11.5 Å². The van der Waals surface area contributed by atoms with E-state index in [4.69, 9.17) is 10.8 Å². The first-order valence-corrected chi connectivity index (χ1v) is 4.82. The van der Waals surface area contributed by atoms with E-state index in [0.717, 1.165) is 24.2 Å². The number of aromatic nitrogens is 1. The molecule has 0 spiro atoms. The molecular weight excluding hydrogens is 178 g/mol. The van der Waals surface area contributed by atoms with Gasteiger partial charge in [-0.1, -0.05) is 0 Å². The van der Waals surface area contributed by atoms with Crippen LogP contribution in [0.25, 0.3) is 0 Å². The molecule has 0 atom stereocenters. The summed E-state index contributed by atoms with van der Waals surface area (Å²) < 4.78 is 0. The average molecular weight is 193 g/mol. The summed E-state index contributed by atoms with van der Waals surface area (Å²) in [6.07, 6.45) is 3.21. The molecule has 1 aliphatic rings. The Morgan fingerprint density at radius 1 is 1.57 bits per heavy atom. The molecular formula is C10H15N3O. The average Bonchev–Trinajstić information content (AvgIpc) is 2.06. The van der Waals surface area contributed by atoms with Gasteiger partial charge in [-0.3, -0.25) is 0 Å². The highest BCUT2D eigenvalue weighted by Crippen LogP contribution is 2.25. The summed E-state index contributed by atoms with van der Waals surface area (Å²) in [6, 6.07) is 2.22. The first-order valence-electron chi connectivity index (χ1n) is 4.82. The van der Waals surface area contributed by atoms with Crippen LogP contribution in [0.1, 0.15) is 18.4 Å². The molecule has 2 rings (SSSR count). The topological polar surface area (TPSA) is 71.2 Å². The minimum atomic E-state index is -0.154. The number of anilines is 2. The molecule has 0 saturated heterocycles. The molecule has 0 aliphatic heterocycles. The lowest BCUT2D eigenvalue weighted by molar-refractivity contribution is 0.0835. The van der Waals surface area contributed by atoms with Crippen LogP contribution >= 0.6 is 0 Å². The minimum Gasteiger partial charge on any atom is -0.396 e. The van der Waals surface area contributed by atoms with Gasteiger partial charge in [-0.15, -0.1) is 0 Å². The summed E-state index contributed by atoms with van der Waals surface area (Å²) in [5, 5.41) is 12.3. The van der Waals surface area contributed by atoms with Crippen LogP contribution in [0, 0.1) is 6.92 Å². The Morgan fingerprint density at radius 2 is 2.29 bits per heavy atom. The van der Waals surface area contributed by atoms with Crippen molar-refractivity contribution in [2.24, 2.45) is 0 Å². The van der Waals surface area contributed by atoms with Crippen molar-refractivity contribution in [1.82, 2.24) is 4.98 Å². The Hall–Kier alpha value is -1.29. The van der Waals surface area contributed by atoms with Crippen molar-refractivity contribution in [2.75, 3.05) is 11.1 Å². The highest BCUT2D eigenvalue weighted by molar-refractivity contribution is 5.62. The second kappa shape index (κ2) is 3.46. The molecule has 1 aliphatic carbocycles. The van der Waals surface area contributed by atoms with E-state index in [0.29, 0.717) is 11.7 Å². The number of nitrogens with one attached hydrogen (secondary N) is 1. The third-order valence-corrected chi connectivity index (χ3v) is 2.51. The van der Waals surface area contributed by atoms with Crippen molar-refractivity contribution in [1.29, 1.82) is 0 Å². The van der Waals surface area contributed by atoms with Gasteiger partial charge in [-0.2, -0.15) is 0 Å². The molecule has 0 unspecified atom stereocenters. The number of aliphatic hydroxyl groups excluding tert-OH is 1. The van der Waals surface area contributed by atoms with Gasteiger partial charge in [-0.05, 0) is 31.4 Å². The van der Waals surface area contributed by atoms with Crippen molar-refractivity contribution in [3.05, 3.63) is 17.8 Å². The fraction of sp³-hybridized carbons (Fsp3) is 0.500. The monoisotopic (exact) mass is 193 g/mol. The Labute approximate surface area is 83.2 Å². The Morgan fingerprint density at radius 3 is 2.86 bits per heavy atom. The van der Waals surface area contributed by atoms with Crippen LogP contribution in [-0.2, 0) is 0 Å². The summed E-state index contributed by atoms with van der Waals surface area (Å²) in [5.74, 6) is 0.729. The molecule has 1 aromatic heterocycles. The van der Waals surface area contributed by atoms with Crippen LogP contribution in [0.15, 0.2) is 12.3 Å². The molecule has 0 amide bonds. The van der Waals surface area contributed by atoms with Gasteiger partial charge in [0.15, 0.2) is 0 Å². The van der Waals surface area contributed by atoms with E-state index in [1.54, 1.807) is 6.20 Å². The Bertz CT molecular complexity index is 334. The number of pyridine rings is 1. The summed E-state index contributed by atoms with van der Waals surface area (Å²) in [4.78, 5) is 4.21. The van der Waals surface area contributed by atoms with Crippen molar-refractivity contribution in [3.8, 4) is 0 Å². The second-order valence-corrected chi connectivity index (χ2v) is 3.92. The van der Waals surface area contributed by atoms with Gasteiger partial charge >= 0.3 is 0 Å². The van der Waals surface area contributed by atoms with Gasteiger partial charge in [0.05, 0.1) is 11.8 Å². The lowest BCUT2D eigenvalue weighted by Gasteiger charge is -2.32. The van der Waals surface area contributed by atoms with Gasteiger partial charge in [0.1, 0.15) is 5.82 Å². The van der Waals surface area contributed by atoms with E-state index in [9.17, 15) is 0 Å². The van der Waals surface area contributed by atoms with Crippen molar-refractivity contribution >= 4 is 11.5 Å². The number of nitrogens with two attached hydrogens (primary N) is 1. The third-order valence-electron chi connectivity index (χ3n) is 2.51. The van der Waals surface area contributed by atoms with Crippen LogP contribution in [0.5, 0.6) is 0 Å². The fourth-order valence-electron chi connectivity index (χ4n) is 1.61. The zero-order valence-corrected chi connectivity index (χ0v) is 8.20. The second-order valence-electron chi connectivity index (χ2n) is 3.92. The molecule has 1 aromatic rings. The molecule has 4 heteroatoms. The smallest absolute Gasteiger partial charge is 0.149 e. The van der Waals surface area contributed by atoms with Crippen LogP contribution in [0.2, 0.25) is 0 Å². The first kappa shape index (κ1) is 9.27. The van der Waals surface area contributed by atoms with E-state index in [-0.39, 0.29) is 6.10 Å². The van der Waals surface area contributed by atoms with Gasteiger partial charge in [0.2, 0.25) is 0 Å². The first-order chi connectivity index (χ1) is 6.65. The number of hydrogen-bond acceptors (Lipinski definition) is 4. The molecule has 14 heavy (non-hydrogen) atoms. The van der Waals surface area contributed by atoms with Crippen molar-refractivity contribution in [3.63, 3.8) is 0 Å². The molecule has 1 saturated carbocycles. The van der Waals surface area contributed by atoms with Crippen molar-refractivity contribution in [2.45, 2.75) is 31.9 Å². The Balaban J connectivity index is 2.02. The quantitative estimate of drug-likeness (QED) is 0.652. The summed E-state index contributed by atoms with van der Waals surface area (Å²) in [6.45, 7) is 1.96. The Kier molecular flexibility index (Phi) is 2.29. The number of aliphatic hydroxyl groups is 1. The largest absolute Gasteiger partial charge is 0.396 e. The van der Waals surface area contributed by atoms with Crippen LogP contribution in [-0.4, -0.2) is 22.2 Å². The number of aryl methyl sites for hydroxylation is 1. The van der Waals surface area contributed by atoms with Gasteiger partial charge < -0.3 is 16.2 Å². The lowest BCUT2D eigenvalue weighted by atomic mass is 9.89. The highest BCUT2D eigenvalue weighted by Gasteiger charge is 2.27. The van der Waals surface area contributed by atoms with E-state index in [1.165, 1.54) is 0 Å². The van der Waals surface area contributed by atoms with Crippen molar-refractivity contribution < 1.29 is 5.11 Å². The highest BCUT2D eigenvalue weighted by atomic mass is 16.3. The molecule has 76 valence electrons. The lowest BCUT2D eigenvalue weighted by Crippen LogP contribution is -2.39. The van der Waals surface area contributed by atoms with Gasteiger partial charge in [-0.25, -0.2) is 4.98 Å². The molecule has 0 bridgehead atoms. The third kappa shape index (κ3) is 1.80. The number of nitrogen functional groups attached to an aromatic ring is 1. The molecule has 1 heterocycles. The van der Waals surface area contributed by atoms with Crippen LogP contribution < -0.4 is 11.1 Å². The predicted molar refractivity (Wildman–Crippen MR) is 56.0 cm³/mol. The van der Waals surface area contributed by atoms with Crippen LogP contribution in [0.3, 0.4) is 0 Å². The van der Waals surface area contributed by atoms with E-state index in [1.807, 2.05) is 13.0 Å². The number of rotatable bonds is 2. The fourth-order valence-corrected chi connectivity index (χ4v) is 1.61. The SMILES string of the molecule is Cc1cnc(NC2CC(O)C2)c(N)c1. The number of nitrogens with zero attached hydrogens (tertiary/aromatic N) is 1. The normalized spacial score (nSPS) is 25.6. The van der Waals surface area contributed by atoms with E-state index >= 15 is 0 Å². The van der Waals surface area contributed by atoms with Gasteiger partial charge in [0, 0.05) is 12.2 Å². The summed E-state index contributed by atoms with van der Waals surface area (Å²) in [7, 11) is 0. The number of hydrogen-bond donors (Lipinski definition) is 3. The van der Waals surface area contributed by atoms with Gasteiger partial charge in [0.25, 0.3) is 0 Å². The maximum Gasteiger partial charge on any atom is 0.149 e.